The topological polar surface area (TPSA) is 155 Å². The Labute approximate surface area is 100 Å². The van der Waals surface area contributed by atoms with E-state index in [0.717, 1.165) is 13.4 Å². The van der Waals surface area contributed by atoms with Gasteiger partial charge in [0.1, 0.15) is 5.97 Å². The predicted molar refractivity (Wildman–Crippen MR) is 42.4 cm³/mol. The molecule has 0 aliphatic rings. The molecule has 9 nitrogen and oxygen atoms in total. The fraction of sp³-hybridized carbons (Fsp3) is 0.167. The van der Waals surface area contributed by atoms with Crippen LogP contribution in [0.2, 0.25) is 0 Å². The maximum atomic E-state index is 9.56. The maximum Gasteiger partial charge on any atom is 0.172 e. The Bertz CT molecular complexity index is 155. The van der Waals surface area contributed by atoms with E-state index < -0.39 is 5.97 Å². The third-order valence-electron chi connectivity index (χ3n) is 0.185. The van der Waals surface area contributed by atoms with Crippen LogP contribution in [0.3, 0.4) is 0 Å². The first-order valence-corrected chi connectivity index (χ1v) is 2.60. The molecule has 0 heterocycles. The van der Waals surface area contributed by atoms with Gasteiger partial charge in [-0.15, -0.1) is 0 Å². The molecule has 0 spiro atoms. The minimum Gasteiger partial charge on any atom is -0.665 e. The Hall–Kier alpha value is -1.93. The minimum atomic E-state index is -0.634. The van der Waals surface area contributed by atoms with E-state index in [-0.39, 0.29) is 17.1 Å². The van der Waals surface area contributed by atoms with Crippen molar-refractivity contribution in [1.29, 1.82) is 0 Å². The molecule has 0 amide bonds. The Morgan fingerprint density at radius 3 is 1.12 bits per heavy atom. The third-order valence-corrected chi connectivity index (χ3v) is 0.185. The standard InChI is InChI=1S/C3H3O3.3CHO2.Cu/c1-3(5)6-2-4;3*2-1-3;/h1H3;3*(H,2,3);/q4*-1;. The van der Waals surface area contributed by atoms with Crippen LogP contribution in [0, 0.1) is 0 Å². The number of hydrogen-bond acceptors (Lipinski definition) is 6. The van der Waals surface area contributed by atoms with Crippen LogP contribution in [-0.4, -0.2) is 47.2 Å². The van der Waals surface area contributed by atoms with Crippen molar-refractivity contribution in [2.24, 2.45) is 0 Å². The van der Waals surface area contributed by atoms with Gasteiger partial charge in [-0.2, -0.15) is 0 Å². The monoisotopic (exact) mass is 285 g/mol. The van der Waals surface area contributed by atoms with Crippen LogP contribution in [0.4, 0.5) is 0 Å². The summed E-state index contributed by atoms with van der Waals surface area (Å²) in [5.41, 5.74) is 0. The molecule has 0 rings (SSSR count). The van der Waals surface area contributed by atoms with Crippen molar-refractivity contribution in [1.82, 2.24) is 0 Å². The van der Waals surface area contributed by atoms with Gasteiger partial charge in [-0.1, -0.05) is 19.4 Å². The van der Waals surface area contributed by atoms with Crippen molar-refractivity contribution < 1.29 is 61.1 Å². The van der Waals surface area contributed by atoms with Crippen molar-refractivity contribution in [3.63, 3.8) is 0 Å². The first kappa shape index (κ1) is 29.2. The number of carbonyl (C=O) groups is 1. The van der Waals surface area contributed by atoms with Gasteiger partial charge in [0.05, 0.1) is 0 Å². The number of carbonyl (C=O) groups excluding carboxylic acids is 2. The zero-order valence-corrected chi connectivity index (χ0v) is 8.53. The summed E-state index contributed by atoms with van der Waals surface area (Å²) in [5.74, 6) is -0.634. The van der Waals surface area contributed by atoms with E-state index >= 15 is 0 Å². The molecule has 0 saturated heterocycles. The molecule has 1 radical (unpaired) electrons. The first-order valence-electron chi connectivity index (χ1n) is 2.60. The van der Waals surface area contributed by atoms with E-state index in [2.05, 4.69) is 4.74 Å². The van der Waals surface area contributed by atoms with Crippen molar-refractivity contribution in [3.05, 3.63) is 0 Å². The van der Waals surface area contributed by atoms with Crippen LogP contribution in [0.1, 0.15) is 6.92 Å². The molecule has 0 aromatic carbocycles. The second-order valence-corrected chi connectivity index (χ2v) is 0.951. The third kappa shape index (κ3) is 1290. The number of ether oxygens (including phenoxy) is 1. The predicted octanol–water partition coefficient (Wildman–Crippen LogP) is -1.55. The quantitative estimate of drug-likeness (QED) is 0.224. The van der Waals surface area contributed by atoms with Crippen LogP contribution < -0.4 is 0 Å². The Morgan fingerprint density at radius 2 is 1.12 bits per heavy atom. The zero-order valence-electron chi connectivity index (χ0n) is 7.59. The fourth-order valence-electron chi connectivity index (χ4n) is 0.0587. The van der Waals surface area contributed by atoms with Crippen molar-refractivity contribution in [2.75, 3.05) is 0 Å². The van der Waals surface area contributed by atoms with Crippen molar-refractivity contribution in [3.8, 4) is 0 Å². The van der Waals surface area contributed by atoms with Crippen LogP contribution >= 0.6 is 0 Å². The van der Waals surface area contributed by atoms with Gasteiger partial charge >= 0.3 is 0 Å². The van der Waals surface area contributed by atoms with Crippen LogP contribution in [-0.2, 0) is 45.8 Å². The largest absolute Gasteiger partial charge is 0.665 e. The summed E-state index contributed by atoms with van der Waals surface area (Å²) in [7, 11) is 0. The fourth-order valence-corrected chi connectivity index (χ4v) is 0.0587. The van der Waals surface area contributed by atoms with E-state index in [1.165, 1.54) is 0 Å². The Balaban J connectivity index is -0.0000000353. The minimum absolute atomic E-state index is 0. The zero-order chi connectivity index (χ0) is 13.1. The van der Waals surface area contributed by atoms with Gasteiger partial charge in [0, 0.05) is 17.1 Å². The van der Waals surface area contributed by atoms with Gasteiger partial charge in [-0.25, -0.2) is 0 Å². The maximum absolute atomic E-state index is 9.56. The molecule has 0 aromatic rings. The van der Waals surface area contributed by atoms with Gasteiger partial charge in [-0.3, -0.25) is 0 Å². The van der Waals surface area contributed by atoms with Crippen molar-refractivity contribution in [2.45, 2.75) is 6.92 Å². The molecule has 10 heteroatoms. The van der Waals surface area contributed by atoms with E-state index in [1.54, 1.807) is 0 Å². The van der Waals surface area contributed by atoms with Crippen LogP contribution in [0.25, 0.3) is 0 Å². The van der Waals surface area contributed by atoms with E-state index in [1.807, 2.05) is 0 Å². The van der Waals surface area contributed by atoms with E-state index in [9.17, 15) is 4.79 Å². The second-order valence-electron chi connectivity index (χ2n) is 0.951. The number of esters is 1. The molecule has 0 atom stereocenters. The van der Waals surface area contributed by atoms with Crippen molar-refractivity contribution >= 4 is 31.9 Å². The number of hydrogen-bond donors (Lipinski definition) is 3. The SMILES string of the molecule is CC(=O)O[C-]=O.O=[C-]O.O=[C-]O.O=[C-]O.[Cu]. The molecule has 0 saturated carbocycles. The van der Waals surface area contributed by atoms with E-state index in [4.69, 9.17) is 34.5 Å². The average Bonchev–Trinajstić information content (AvgIpc) is 2.07. The molecule has 0 aliphatic carbocycles. The van der Waals surface area contributed by atoms with Gasteiger partial charge in [0.2, 0.25) is 0 Å². The summed E-state index contributed by atoms with van der Waals surface area (Å²) in [5, 5.41) is 20.3. The second kappa shape index (κ2) is 51.7. The number of rotatable bonds is 1. The summed E-state index contributed by atoms with van der Waals surface area (Å²) in [6.45, 7) is 3.60. The molecule has 99 valence electrons. The molecule has 0 aliphatic heterocycles. The van der Waals surface area contributed by atoms with Gasteiger partial charge in [0.25, 0.3) is 0 Å². The van der Waals surface area contributed by atoms with Gasteiger partial charge < -0.3 is 44.0 Å². The smallest absolute Gasteiger partial charge is 0.172 e. The molecule has 3 N–H and O–H groups in total. The van der Waals surface area contributed by atoms with Crippen LogP contribution in [0.15, 0.2) is 0 Å². The normalized spacial score (nSPS) is 4.81. The van der Waals surface area contributed by atoms with E-state index in [0.29, 0.717) is 19.4 Å². The average molecular weight is 286 g/mol. The van der Waals surface area contributed by atoms with Gasteiger partial charge in [0.15, 0.2) is 6.47 Å². The molecular weight excluding hydrogens is 280 g/mol. The Kier molecular flexibility index (Phi) is 94.4. The van der Waals surface area contributed by atoms with Crippen LogP contribution in [0.5, 0.6) is 0 Å². The molecule has 0 unspecified atom stereocenters. The summed E-state index contributed by atoms with van der Waals surface area (Å²) < 4.78 is 3.60. The molecule has 16 heavy (non-hydrogen) atoms. The molecule has 0 bridgehead atoms. The molecular formula is C6H6CuO9-4. The summed E-state index contributed by atoms with van der Waals surface area (Å²) in [6.07, 6.45) is 0. The summed E-state index contributed by atoms with van der Waals surface area (Å²) >= 11 is 0. The first-order chi connectivity index (χ1) is 7.01. The Morgan fingerprint density at radius 1 is 0.938 bits per heavy atom. The summed E-state index contributed by atoms with van der Waals surface area (Å²) in [4.78, 5) is 43.3. The number of aliphatic hydroxyl groups excluding tert-OH is 3. The molecule has 0 fully saturated rings. The molecule has 0 aromatic heterocycles. The van der Waals surface area contributed by atoms with Gasteiger partial charge in [-0.05, 0) is 6.92 Å². The summed E-state index contributed by atoms with van der Waals surface area (Å²) in [6, 6.07) is 0.